The molecule has 0 bridgehead atoms. The van der Waals surface area contributed by atoms with Gasteiger partial charge < -0.3 is 10.2 Å². The lowest BCUT2D eigenvalue weighted by molar-refractivity contribution is 0.102. The molecule has 1 amide bonds. The van der Waals surface area contributed by atoms with Crippen LogP contribution in [0.15, 0.2) is 61.1 Å². The molecule has 0 unspecified atom stereocenters. The third kappa shape index (κ3) is 3.36. The van der Waals surface area contributed by atoms with Crippen LogP contribution in [0.5, 0.6) is 0 Å². The molecule has 0 aliphatic carbocycles. The summed E-state index contributed by atoms with van der Waals surface area (Å²) in [6.07, 6.45) is 7.54. The molecule has 2 aromatic carbocycles. The third-order valence-corrected chi connectivity index (χ3v) is 5.78. The first kappa shape index (κ1) is 17.8. The first-order chi connectivity index (χ1) is 14.2. The summed E-state index contributed by atoms with van der Waals surface area (Å²) in [7, 11) is 2.15. The molecule has 2 aromatic heterocycles. The zero-order valence-electron chi connectivity index (χ0n) is 16.4. The van der Waals surface area contributed by atoms with E-state index in [9.17, 15) is 4.79 Å². The predicted octanol–water partition coefficient (Wildman–Crippen LogP) is 4.10. The summed E-state index contributed by atoms with van der Waals surface area (Å²) >= 11 is 0. The number of aromatic nitrogens is 3. The molecule has 0 atom stereocenters. The van der Waals surface area contributed by atoms with Crippen molar-refractivity contribution >= 4 is 33.3 Å². The second kappa shape index (κ2) is 7.29. The molecule has 6 nitrogen and oxygen atoms in total. The summed E-state index contributed by atoms with van der Waals surface area (Å²) in [5.41, 5.74) is 2.00. The van der Waals surface area contributed by atoms with Gasteiger partial charge in [0.25, 0.3) is 5.91 Å². The summed E-state index contributed by atoms with van der Waals surface area (Å²) in [5, 5.41) is 10.6. The molecular weight excluding hydrogens is 362 g/mol. The number of nitrogens with zero attached hydrogens (tertiary/aromatic N) is 4. The van der Waals surface area contributed by atoms with Gasteiger partial charge in [-0.25, -0.2) is 0 Å². The summed E-state index contributed by atoms with van der Waals surface area (Å²) in [6, 6.07) is 14.3. The summed E-state index contributed by atoms with van der Waals surface area (Å²) in [6.45, 7) is 2.14. The van der Waals surface area contributed by atoms with Crippen molar-refractivity contribution < 1.29 is 4.79 Å². The number of amides is 1. The molecule has 3 heterocycles. The molecule has 1 aliphatic heterocycles. The molecule has 1 N–H and O–H groups in total. The topological polar surface area (TPSA) is 63.0 Å². The van der Waals surface area contributed by atoms with E-state index in [0.29, 0.717) is 22.8 Å². The summed E-state index contributed by atoms with van der Waals surface area (Å²) in [4.78, 5) is 19.9. The Labute approximate surface area is 169 Å². The van der Waals surface area contributed by atoms with Gasteiger partial charge in [-0.05, 0) is 55.9 Å². The SMILES string of the molecule is CN1CCC(n2cc(NC(=O)c3cc4ccccc4c4cccnc34)cn2)CC1. The highest BCUT2D eigenvalue weighted by atomic mass is 16.1. The van der Waals surface area contributed by atoms with Crippen LogP contribution in [0.2, 0.25) is 0 Å². The Kier molecular flexibility index (Phi) is 4.48. The maximum absolute atomic E-state index is 13.1. The minimum Gasteiger partial charge on any atom is -0.319 e. The van der Waals surface area contributed by atoms with E-state index < -0.39 is 0 Å². The molecule has 5 rings (SSSR count). The van der Waals surface area contributed by atoms with Crippen molar-refractivity contribution in [3.8, 4) is 0 Å². The van der Waals surface area contributed by atoms with Crippen LogP contribution >= 0.6 is 0 Å². The van der Waals surface area contributed by atoms with Gasteiger partial charge in [-0.1, -0.05) is 30.3 Å². The summed E-state index contributed by atoms with van der Waals surface area (Å²) < 4.78 is 1.99. The third-order valence-electron chi connectivity index (χ3n) is 5.78. The largest absolute Gasteiger partial charge is 0.319 e. The zero-order valence-corrected chi connectivity index (χ0v) is 16.4. The van der Waals surface area contributed by atoms with Crippen LogP contribution in [-0.4, -0.2) is 45.7 Å². The van der Waals surface area contributed by atoms with Crippen molar-refractivity contribution in [1.82, 2.24) is 19.7 Å². The van der Waals surface area contributed by atoms with Crippen LogP contribution in [0.4, 0.5) is 5.69 Å². The first-order valence-corrected chi connectivity index (χ1v) is 9.99. The lowest BCUT2D eigenvalue weighted by Crippen LogP contribution is -2.31. The smallest absolute Gasteiger partial charge is 0.257 e. The number of carbonyl (C=O) groups excluding carboxylic acids is 1. The van der Waals surface area contributed by atoms with Crippen molar-refractivity contribution in [2.45, 2.75) is 18.9 Å². The minimum absolute atomic E-state index is 0.164. The van der Waals surface area contributed by atoms with Crippen molar-refractivity contribution in [3.05, 3.63) is 66.6 Å². The highest BCUT2D eigenvalue weighted by Crippen LogP contribution is 2.28. The maximum atomic E-state index is 13.1. The summed E-state index contributed by atoms with van der Waals surface area (Å²) in [5.74, 6) is -0.164. The normalized spacial score (nSPS) is 15.8. The van der Waals surface area contributed by atoms with Crippen LogP contribution in [0, 0.1) is 0 Å². The molecule has 4 aromatic rings. The maximum Gasteiger partial charge on any atom is 0.257 e. The van der Waals surface area contributed by atoms with Gasteiger partial charge in [-0.3, -0.25) is 14.5 Å². The van der Waals surface area contributed by atoms with Gasteiger partial charge in [0.2, 0.25) is 0 Å². The number of carbonyl (C=O) groups is 1. The highest BCUT2D eigenvalue weighted by molar-refractivity contribution is 6.18. The average Bonchev–Trinajstić information content (AvgIpc) is 3.22. The Hall–Kier alpha value is -3.25. The molecule has 0 radical (unpaired) electrons. The zero-order chi connectivity index (χ0) is 19.8. The number of hydrogen-bond donors (Lipinski definition) is 1. The fourth-order valence-electron chi connectivity index (χ4n) is 4.16. The number of rotatable bonds is 3. The van der Waals surface area contributed by atoms with E-state index in [1.807, 2.05) is 47.3 Å². The quantitative estimate of drug-likeness (QED) is 0.539. The van der Waals surface area contributed by atoms with E-state index in [2.05, 4.69) is 33.4 Å². The van der Waals surface area contributed by atoms with E-state index in [0.717, 1.165) is 42.1 Å². The number of benzene rings is 2. The van der Waals surface area contributed by atoms with Crippen molar-refractivity contribution in [2.75, 3.05) is 25.5 Å². The van der Waals surface area contributed by atoms with Crippen LogP contribution in [0.1, 0.15) is 29.2 Å². The molecule has 0 spiro atoms. The monoisotopic (exact) mass is 385 g/mol. The molecule has 6 heteroatoms. The van der Waals surface area contributed by atoms with E-state index >= 15 is 0 Å². The van der Waals surface area contributed by atoms with E-state index in [1.165, 1.54) is 0 Å². The number of anilines is 1. The van der Waals surface area contributed by atoms with E-state index in [-0.39, 0.29) is 5.91 Å². The average molecular weight is 385 g/mol. The molecule has 0 saturated carbocycles. The Bertz CT molecular complexity index is 1190. The van der Waals surface area contributed by atoms with Gasteiger partial charge in [0.15, 0.2) is 0 Å². The van der Waals surface area contributed by atoms with Gasteiger partial charge >= 0.3 is 0 Å². The standard InChI is InChI=1S/C23H23N5O/c1-27-11-8-18(9-12-27)28-15-17(14-25-28)26-23(29)21-13-16-5-2-3-6-19(16)20-7-4-10-24-22(20)21/h2-7,10,13-15,18H,8-9,11-12H2,1H3,(H,26,29). The lowest BCUT2D eigenvalue weighted by Gasteiger charge is -2.28. The number of piperidine rings is 1. The van der Waals surface area contributed by atoms with Gasteiger partial charge in [-0.15, -0.1) is 0 Å². The molecular formula is C23H23N5O. The van der Waals surface area contributed by atoms with Crippen molar-refractivity contribution in [1.29, 1.82) is 0 Å². The fourth-order valence-corrected chi connectivity index (χ4v) is 4.16. The number of fused-ring (bicyclic) bond motifs is 3. The second-order valence-electron chi connectivity index (χ2n) is 7.74. The van der Waals surface area contributed by atoms with Crippen molar-refractivity contribution in [2.24, 2.45) is 0 Å². The predicted molar refractivity (Wildman–Crippen MR) is 115 cm³/mol. The Morgan fingerprint density at radius 1 is 1.10 bits per heavy atom. The Balaban J connectivity index is 1.45. The molecule has 1 fully saturated rings. The van der Waals surface area contributed by atoms with E-state index in [4.69, 9.17) is 0 Å². The molecule has 1 aliphatic rings. The highest BCUT2D eigenvalue weighted by Gasteiger charge is 2.20. The molecule has 1 saturated heterocycles. The van der Waals surface area contributed by atoms with Crippen LogP contribution in [0.3, 0.4) is 0 Å². The Morgan fingerprint density at radius 2 is 1.90 bits per heavy atom. The molecule has 146 valence electrons. The van der Waals surface area contributed by atoms with Crippen LogP contribution < -0.4 is 5.32 Å². The minimum atomic E-state index is -0.164. The molecule has 29 heavy (non-hydrogen) atoms. The van der Waals surface area contributed by atoms with Crippen LogP contribution in [-0.2, 0) is 0 Å². The second-order valence-corrected chi connectivity index (χ2v) is 7.74. The lowest BCUT2D eigenvalue weighted by atomic mass is 10.0. The van der Waals surface area contributed by atoms with Crippen molar-refractivity contribution in [3.63, 3.8) is 0 Å². The van der Waals surface area contributed by atoms with Gasteiger partial charge in [0.1, 0.15) is 0 Å². The number of nitrogens with one attached hydrogen (secondary N) is 1. The van der Waals surface area contributed by atoms with Gasteiger partial charge in [-0.2, -0.15) is 5.10 Å². The van der Waals surface area contributed by atoms with Gasteiger partial charge in [0, 0.05) is 17.8 Å². The fraction of sp³-hybridized carbons (Fsp3) is 0.261. The van der Waals surface area contributed by atoms with Gasteiger partial charge in [0.05, 0.1) is 29.0 Å². The number of likely N-dealkylation sites (tertiary alicyclic amines) is 1. The number of hydrogen-bond acceptors (Lipinski definition) is 4. The Morgan fingerprint density at radius 3 is 2.76 bits per heavy atom. The van der Waals surface area contributed by atoms with Crippen LogP contribution in [0.25, 0.3) is 21.7 Å². The van der Waals surface area contributed by atoms with E-state index in [1.54, 1.807) is 12.4 Å². The number of pyridine rings is 1. The first-order valence-electron chi connectivity index (χ1n) is 9.99.